The van der Waals surface area contributed by atoms with E-state index in [0.29, 0.717) is 10.6 Å². The molecule has 0 radical (unpaired) electrons. The molecule has 158 valence electrons. The Kier molecular flexibility index (Phi) is 7.05. The first-order chi connectivity index (χ1) is 14.7. The van der Waals surface area contributed by atoms with Crippen molar-refractivity contribution >= 4 is 27.4 Å². The quantitative estimate of drug-likeness (QED) is 0.325. The number of hydrogen-bond acceptors (Lipinski definition) is 5. The first-order valence-electron chi connectivity index (χ1n) is 11.2. The average Bonchev–Trinajstić information content (AvgIpc) is 3.15. The summed E-state index contributed by atoms with van der Waals surface area (Å²) in [7, 11) is 0. The molecule has 0 unspecified atom stereocenters. The molecule has 5 nitrogen and oxygen atoms in total. The molecule has 3 aromatic rings. The molecule has 2 heterocycles. The van der Waals surface area contributed by atoms with Crippen molar-refractivity contribution in [3.05, 3.63) is 52.2 Å². The van der Waals surface area contributed by atoms with Crippen LogP contribution in [-0.2, 0) is 6.42 Å². The molecule has 0 bridgehead atoms. The summed E-state index contributed by atoms with van der Waals surface area (Å²) in [6, 6.07) is 8.94. The van der Waals surface area contributed by atoms with Crippen molar-refractivity contribution in [2.45, 2.75) is 70.6 Å². The molecule has 0 saturated heterocycles. The van der Waals surface area contributed by atoms with E-state index in [1.807, 2.05) is 12.3 Å². The Labute approximate surface area is 181 Å². The van der Waals surface area contributed by atoms with Crippen LogP contribution in [0.5, 0.6) is 0 Å². The lowest BCUT2D eigenvalue weighted by Crippen LogP contribution is -2.05. The number of rotatable bonds is 4. The molecule has 1 aromatic carbocycles. The van der Waals surface area contributed by atoms with Gasteiger partial charge in [-0.3, -0.25) is 10.1 Å². The summed E-state index contributed by atoms with van der Waals surface area (Å²) in [5.74, 6) is 0.718. The number of pyridine rings is 1. The van der Waals surface area contributed by atoms with Crippen LogP contribution in [0.4, 0.5) is 5.69 Å². The lowest BCUT2D eigenvalue weighted by molar-refractivity contribution is -0.384. The van der Waals surface area contributed by atoms with Crippen LogP contribution in [-0.4, -0.2) is 14.9 Å². The molecule has 2 aromatic heterocycles. The summed E-state index contributed by atoms with van der Waals surface area (Å²) in [6.45, 7) is 0. The molecule has 0 aliphatic heterocycles. The van der Waals surface area contributed by atoms with Gasteiger partial charge in [-0.05, 0) is 30.0 Å². The van der Waals surface area contributed by atoms with E-state index in [9.17, 15) is 10.1 Å². The fourth-order valence-corrected chi connectivity index (χ4v) is 5.44. The highest BCUT2D eigenvalue weighted by atomic mass is 32.1. The van der Waals surface area contributed by atoms with Gasteiger partial charge in [0.2, 0.25) is 0 Å². The van der Waals surface area contributed by atoms with E-state index in [1.165, 1.54) is 87.2 Å². The molecular weight excluding hydrogens is 394 g/mol. The Balaban J connectivity index is 1.53. The van der Waals surface area contributed by atoms with Crippen LogP contribution >= 0.6 is 11.3 Å². The number of nitrogens with zero attached hydrogens (tertiary/aromatic N) is 3. The van der Waals surface area contributed by atoms with E-state index in [1.54, 1.807) is 12.1 Å². The van der Waals surface area contributed by atoms with Crippen molar-refractivity contribution < 1.29 is 4.92 Å². The maximum Gasteiger partial charge on any atom is 0.279 e. The van der Waals surface area contributed by atoms with Gasteiger partial charge < -0.3 is 0 Å². The van der Waals surface area contributed by atoms with Gasteiger partial charge in [0.05, 0.1) is 10.5 Å². The van der Waals surface area contributed by atoms with Crippen LogP contribution in [0.3, 0.4) is 0 Å². The van der Waals surface area contributed by atoms with Gasteiger partial charge in [0.15, 0.2) is 0 Å². The van der Waals surface area contributed by atoms with Crippen LogP contribution in [0.15, 0.2) is 36.5 Å². The second-order valence-electron chi connectivity index (χ2n) is 8.44. The van der Waals surface area contributed by atoms with Crippen molar-refractivity contribution in [2.24, 2.45) is 5.92 Å². The average molecular weight is 424 g/mol. The van der Waals surface area contributed by atoms with Gasteiger partial charge in [-0.2, -0.15) is 0 Å². The molecule has 1 saturated carbocycles. The molecule has 30 heavy (non-hydrogen) atoms. The number of nitro benzene ring substituents is 1. The lowest BCUT2D eigenvalue weighted by Gasteiger charge is -2.16. The molecule has 0 N–H and O–H groups in total. The summed E-state index contributed by atoms with van der Waals surface area (Å²) < 4.78 is 0. The van der Waals surface area contributed by atoms with Crippen LogP contribution in [0.25, 0.3) is 20.9 Å². The predicted octanol–water partition coefficient (Wildman–Crippen LogP) is 7.34. The number of para-hydroxylation sites is 1. The molecule has 1 aliphatic carbocycles. The zero-order valence-electron chi connectivity index (χ0n) is 17.4. The highest BCUT2D eigenvalue weighted by Gasteiger charge is 2.19. The van der Waals surface area contributed by atoms with Gasteiger partial charge in [0, 0.05) is 12.3 Å². The maximum atomic E-state index is 11.4. The standard InChI is InChI=1S/C24H29N3O2S/c28-27(29)22-14-10-9-13-20(22)23-26-21-16-19(17-25-24(21)30-23)15-18-11-7-5-3-1-2-4-6-8-12-18/h9-10,13-14,16-18H,1-8,11-12,15H2. The zero-order chi connectivity index (χ0) is 20.8. The second-order valence-corrected chi connectivity index (χ2v) is 9.41. The Bertz CT molecular complexity index is 989. The maximum absolute atomic E-state index is 11.4. The lowest BCUT2D eigenvalue weighted by atomic mass is 9.90. The minimum Gasteiger partial charge on any atom is -0.258 e. The first kappa shape index (κ1) is 20.9. The van der Waals surface area contributed by atoms with E-state index in [2.05, 4.69) is 11.1 Å². The number of hydrogen-bond donors (Lipinski definition) is 0. The molecule has 1 aliphatic rings. The summed E-state index contributed by atoms with van der Waals surface area (Å²) >= 11 is 1.42. The van der Waals surface area contributed by atoms with Gasteiger partial charge in [0.1, 0.15) is 15.4 Å². The molecular formula is C24H29N3O2S. The van der Waals surface area contributed by atoms with Crippen LogP contribution in [0.1, 0.15) is 69.8 Å². The third kappa shape index (κ3) is 5.22. The highest BCUT2D eigenvalue weighted by molar-refractivity contribution is 7.21. The number of fused-ring (bicyclic) bond motifs is 1. The van der Waals surface area contributed by atoms with Crippen molar-refractivity contribution in [3.8, 4) is 10.6 Å². The van der Waals surface area contributed by atoms with E-state index >= 15 is 0 Å². The van der Waals surface area contributed by atoms with Crippen LogP contribution < -0.4 is 0 Å². The fourth-order valence-electron chi connectivity index (χ4n) is 4.51. The summed E-state index contributed by atoms with van der Waals surface area (Å²) in [5, 5.41) is 12.0. The molecule has 1 fully saturated rings. The highest BCUT2D eigenvalue weighted by Crippen LogP contribution is 2.35. The third-order valence-electron chi connectivity index (χ3n) is 6.13. The fraction of sp³-hybridized carbons (Fsp3) is 0.500. The van der Waals surface area contributed by atoms with Gasteiger partial charge in [-0.1, -0.05) is 87.7 Å². The second kappa shape index (κ2) is 10.1. The molecule has 6 heteroatoms. The first-order valence-corrected chi connectivity index (χ1v) is 12.0. The largest absolute Gasteiger partial charge is 0.279 e. The van der Waals surface area contributed by atoms with Gasteiger partial charge in [0.25, 0.3) is 5.69 Å². The van der Waals surface area contributed by atoms with Gasteiger partial charge in [-0.25, -0.2) is 9.97 Å². The topological polar surface area (TPSA) is 68.9 Å². The summed E-state index contributed by atoms with van der Waals surface area (Å²) in [6.07, 6.45) is 16.6. The SMILES string of the molecule is O=[N+]([O-])c1ccccc1-c1nc2cc(CC3CCCCCCCCCC3)cnc2s1. The van der Waals surface area contributed by atoms with E-state index in [0.717, 1.165) is 22.7 Å². The monoisotopic (exact) mass is 423 g/mol. The Morgan fingerprint density at radius 3 is 2.37 bits per heavy atom. The van der Waals surface area contributed by atoms with E-state index in [4.69, 9.17) is 4.98 Å². The van der Waals surface area contributed by atoms with Crippen molar-refractivity contribution in [1.82, 2.24) is 9.97 Å². The van der Waals surface area contributed by atoms with Crippen molar-refractivity contribution in [1.29, 1.82) is 0 Å². The van der Waals surface area contributed by atoms with Gasteiger partial charge >= 0.3 is 0 Å². The molecule has 0 atom stereocenters. The third-order valence-corrected chi connectivity index (χ3v) is 7.15. The minimum atomic E-state index is -0.345. The number of nitro groups is 1. The number of benzene rings is 1. The molecule has 0 amide bonds. The van der Waals surface area contributed by atoms with Crippen molar-refractivity contribution in [2.75, 3.05) is 0 Å². The Morgan fingerprint density at radius 2 is 1.67 bits per heavy atom. The van der Waals surface area contributed by atoms with Crippen LogP contribution in [0, 0.1) is 16.0 Å². The minimum absolute atomic E-state index is 0.0919. The predicted molar refractivity (Wildman–Crippen MR) is 123 cm³/mol. The van der Waals surface area contributed by atoms with Crippen molar-refractivity contribution in [3.63, 3.8) is 0 Å². The Morgan fingerprint density at radius 1 is 1.00 bits per heavy atom. The van der Waals surface area contributed by atoms with E-state index in [-0.39, 0.29) is 10.6 Å². The molecule has 0 spiro atoms. The smallest absolute Gasteiger partial charge is 0.258 e. The van der Waals surface area contributed by atoms with Crippen LogP contribution in [0.2, 0.25) is 0 Å². The Hall–Kier alpha value is -2.34. The summed E-state index contributed by atoms with van der Waals surface area (Å²) in [5.41, 5.74) is 2.74. The molecule has 4 rings (SSSR count). The van der Waals surface area contributed by atoms with Gasteiger partial charge in [-0.15, -0.1) is 0 Å². The number of aromatic nitrogens is 2. The number of thiazole rings is 1. The normalized spacial score (nSPS) is 16.9. The zero-order valence-corrected chi connectivity index (χ0v) is 18.2. The summed E-state index contributed by atoms with van der Waals surface area (Å²) in [4.78, 5) is 21.2. The van der Waals surface area contributed by atoms with E-state index < -0.39 is 0 Å².